The third-order valence-electron chi connectivity index (χ3n) is 7.12. The summed E-state index contributed by atoms with van der Waals surface area (Å²) >= 11 is 3.46. The minimum absolute atomic E-state index is 0.0517. The minimum Gasteiger partial charge on any atom is -0.492 e. The van der Waals surface area contributed by atoms with Gasteiger partial charge in [-0.3, -0.25) is 13.9 Å². The molecule has 3 rings (SSSR count). The number of nitrogens with one attached hydrogen (secondary N) is 1. The summed E-state index contributed by atoms with van der Waals surface area (Å²) in [5.74, 6) is 0.0185. The molecule has 0 aliphatic heterocycles. The molecule has 2 amide bonds. The zero-order valence-electron chi connectivity index (χ0n) is 25.3. The molecule has 0 unspecified atom stereocenters. The van der Waals surface area contributed by atoms with Crippen LogP contribution in [-0.2, 0) is 32.6 Å². The van der Waals surface area contributed by atoms with Crippen LogP contribution in [-0.4, -0.2) is 56.6 Å². The summed E-state index contributed by atoms with van der Waals surface area (Å²) in [6.45, 7) is 6.49. The Labute approximate surface area is 264 Å². The fraction of sp³-hybridized carbons (Fsp3) is 0.394. The summed E-state index contributed by atoms with van der Waals surface area (Å²) in [6.07, 6.45) is 2.57. The molecule has 0 aromatic heterocycles. The molecular formula is C33H42BrN3O5S. The number of para-hydroxylation sites is 2. The Morgan fingerprint density at radius 3 is 2.21 bits per heavy atom. The van der Waals surface area contributed by atoms with Gasteiger partial charge < -0.3 is 15.0 Å². The van der Waals surface area contributed by atoms with Crippen LogP contribution in [0.2, 0.25) is 0 Å². The van der Waals surface area contributed by atoms with Crippen molar-refractivity contribution in [2.24, 2.45) is 0 Å². The molecule has 0 saturated carbocycles. The van der Waals surface area contributed by atoms with Gasteiger partial charge in [0.2, 0.25) is 21.8 Å². The average molecular weight is 673 g/mol. The second kappa shape index (κ2) is 16.5. The van der Waals surface area contributed by atoms with Crippen LogP contribution in [0.4, 0.5) is 5.69 Å². The Morgan fingerprint density at radius 1 is 0.930 bits per heavy atom. The molecule has 3 aromatic rings. The standard InChI is InChI=1S/C33H42BrN3O5S/c1-5-25(3)35-33(39)30(23-26-13-8-7-9-14-26)36(24-27-18-20-28(34)21-19-27)32(38)17-12-22-37(43(4,40)41)29-15-10-11-16-31(29)42-6-2/h7-11,13-16,18-21,25,30H,5-6,12,17,22-24H2,1-4H3,(H,35,39)/t25-,30-/m0/s1. The normalized spacial score (nSPS) is 12.7. The van der Waals surface area contributed by atoms with Crippen LogP contribution in [0.1, 0.15) is 51.2 Å². The summed E-state index contributed by atoms with van der Waals surface area (Å²) in [5.41, 5.74) is 2.26. The van der Waals surface area contributed by atoms with Gasteiger partial charge >= 0.3 is 0 Å². The Kier molecular flexibility index (Phi) is 13.1. The van der Waals surface area contributed by atoms with Crippen LogP contribution in [0.3, 0.4) is 0 Å². The monoisotopic (exact) mass is 671 g/mol. The van der Waals surface area contributed by atoms with Crippen molar-refractivity contribution in [3.63, 3.8) is 0 Å². The lowest BCUT2D eigenvalue weighted by Gasteiger charge is -2.33. The van der Waals surface area contributed by atoms with Crippen molar-refractivity contribution in [2.75, 3.05) is 23.7 Å². The predicted molar refractivity (Wildman–Crippen MR) is 176 cm³/mol. The highest BCUT2D eigenvalue weighted by molar-refractivity contribution is 9.10. The number of carbonyl (C=O) groups excluding carboxylic acids is 2. The highest BCUT2D eigenvalue weighted by Crippen LogP contribution is 2.30. The van der Waals surface area contributed by atoms with Gasteiger partial charge in [0, 0.05) is 36.4 Å². The second-order valence-corrected chi connectivity index (χ2v) is 13.3. The lowest BCUT2D eigenvalue weighted by molar-refractivity contribution is -0.141. The largest absolute Gasteiger partial charge is 0.492 e. The smallest absolute Gasteiger partial charge is 0.243 e. The molecule has 10 heteroatoms. The van der Waals surface area contributed by atoms with Gasteiger partial charge in [0.15, 0.2) is 0 Å². The number of sulfonamides is 1. The maximum atomic E-state index is 14.0. The Morgan fingerprint density at radius 2 is 1.58 bits per heavy atom. The Balaban J connectivity index is 1.90. The van der Waals surface area contributed by atoms with Gasteiger partial charge in [0.05, 0.1) is 18.6 Å². The Hall–Kier alpha value is -3.37. The molecule has 0 spiro atoms. The SMILES string of the molecule is CCOc1ccccc1N(CCCC(=O)N(Cc1ccc(Br)cc1)[C@@H](Cc1ccccc1)C(=O)N[C@@H](C)CC)S(C)(=O)=O. The van der Waals surface area contributed by atoms with Crippen LogP contribution in [0.5, 0.6) is 5.75 Å². The number of anilines is 1. The highest BCUT2D eigenvalue weighted by atomic mass is 79.9. The van der Waals surface area contributed by atoms with Gasteiger partial charge in [-0.2, -0.15) is 0 Å². The Bertz CT molecular complexity index is 1430. The van der Waals surface area contributed by atoms with E-state index in [0.717, 1.165) is 28.3 Å². The van der Waals surface area contributed by atoms with Crippen molar-refractivity contribution in [1.82, 2.24) is 10.2 Å². The van der Waals surface area contributed by atoms with Crippen molar-refractivity contribution in [2.45, 2.75) is 65.1 Å². The van der Waals surface area contributed by atoms with E-state index in [1.165, 1.54) is 4.31 Å². The zero-order valence-corrected chi connectivity index (χ0v) is 27.7. The van der Waals surface area contributed by atoms with E-state index < -0.39 is 16.1 Å². The van der Waals surface area contributed by atoms with Gasteiger partial charge in [-0.05, 0) is 62.1 Å². The van der Waals surface area contributed by atoms with Gasteiger partial charge in [-0.25, -0.2) is 8.42 Å². The number of ether oxygens (including phenoxy) is 1. The highest BCUT2D eigenvalue weighted by Gasteiger charge is 2.31. The van der Waals surface area contributed by atoms with Gasteiger partial charge in [0.25, 0.3) is 0 Å². The van der Waals surface area contributed by atoms with Crippen LogP contribution in [0.15, 0.2) is 83.3 Å². The molecule has 0 fully saturated rings. The summed E-state index contributed by atoms with van der Waals surface area (Å²) in [5, 5.41) is 3.07. The van der Waals surface area contributed by atoms with Crippen LogP contribution < -0.4 is 14.4 Å². The molecule has 1 N–H and O–H groups in total. The number of amides is 2. The van der Waals surface area contributed by atoms with E-state index in [1.54, 1.807) is 29.2 Å². The number of hydrogen-bond donors (Lipinski definition) is 1. The molecule has 2 atom stereocenters. The summed E-state index contributed by atoms with van der Waals surface area (Å²) < 4.78 is 33.5. The van der Waals surface area contributed by atoms with E-state index in [1.807, 2.05) is 75.4 Å². The number of benzene rings is 3. The molecule has 0 saturated heterocycles. The quantitative estimate of drug-likeness (QED) is 0.203. The maximum absolute atomic E-state index is 14.0. The average Bonchev–Trinajstić information content (AvgIpc) is 2.98. The van der Waals surface area contributed by atoms with Crippen molar-refractivity contribution in [1.29, 1.82) is 0 Å². The molecule has 232 valence electrons. The topological polar surface area (TPSA) is 96.0 Å². The number of nitrogens with zero attached hydrogens (tertiary/aromatic N) is 2. The fourth-order valence-corrected chi connectivity index (χ4v) is 5.94. The first-order chi connectivity index (χ1) is 20.5. The third kappa shape index (κ3) is 10.4. The number of hydrogen-bond acceptors (Lipinski definition) is 5. The van der Waals surface area contributed by atoms with Crippen LogP contribution in [0.25, 0.3) is 0 Å². The van der Waals surface area contributed by atoms with Crippen LogP contribution >= 0.6 is 15.9 Å². The molecule has 0 heterocycles. The van der Waals surface area contributed by atoms with Gasteiger partial charge in [-0.1, -0.05) is 77.5 Å². The molecule has 0 aliphatic carbocycles. The van der Waals surface area contributed by atoms with E-state index in [9.17, 15) is 18.0 Å². The lowest BCUT2D eigenvalue weighted by atomic mass is 10.0. The van der Waals surface area contributed by atoms with Gasteiger partial charge in [-0.15, -0.1) is 0 Å². The molecule has 8 nitrogen and oxygen atoms in total. The molecule has 0 aliphatic rings. The number of rotatable bonds is 16. The first-order valence-corrected chi connectivity index (χ1v) is 17.2. The number of halogens is 1. The lowest BCUT2D eigenvalue weighted by Crippen LogP contribution is -2.52. The first kappa shape index (κ1) is 34.1. The zero-order chi connectivity index (χ0) is 31.4. The fourth-order valence-electron chi connectivity index (χ4n) is 4.70. The van der Waals surface area contributed by atoms with Crippen molar-refractivity contribution in [3.05, 3.63) is 94.5 Å². The third-order valence-corrected chi connectivity index (χ3v) is 8.83. The van der Waals surface area contributed by atoms with E-state index in [-0.39, 0.29) is 43.8 Å². The maximum Gasteiger partial charge on any atom is 0.243 e. The van der Waals surface area contributed by atoms with E-state index >= 15 is 0 Å². The molecular weight excluding hydrogens is 630 g/mol. The molecule has 43 heavy (non-hydrogen) atoms. The van der Waals surface area contributed by atoms with Crippen molar-refractivity contribution < 1.29 is 22.7 Å². The second-order valence-electron chi connectivity index (χ2n) is 10.5. The van der Waals surface area contributed by atoms with E-state index in [0.29, 0.717) is 24.5 Å². The summed E-state index contributed by atoms with van der Waals surface area (Å²) in [7, 11) is -3.66. The molecule has 0 radical (unpaired) electrons. The van der Waals surface area contributed by atoms with E-state index in [4.69, 9.17) is 4.74 Å². The minimum atomic E-state index is -3.66. The predicted octanol–water partition coefficient (Wildman–Crippen LogP) is 5.95. The van der Waals surface area contributed by atoms with E-state index in [2.05, 4.69) is 21.2 Å². The van der Waals surface area contributed by atoms with Gasteiger partial charge in [0.1, 0.15) is 11.8 Å². The number of carbonyl (C=O) groups is 2. The van der Waals surface area contributed by atoms with Crippen molar-refractivity contribution >= 4 is 43.5 Å². The first-order valence-electron chi connectivity index (χ1n) is 14.6. The molecule has 0 bridgehead atoms. The summed E-state index contributed by atoms with van der Waals surface area (Å²) in [6, 6.07) is 23.5. The summed E-state index contributed by atoms with van der Waals surface area (Å²) in [4.78, 5) is 29.3. The van der Waals surface area contributed by atoms with Crippen LogP contribution in [0, 0.1) is 0 Å². The van der Waals surface area contributed by atoms with Crippen molar-refractivity contribution in [3.8, 4) is 5.75 Å². The molecule has 3 aromatic carbocycles.